The van der Waals surface area contributed by atoms with Crippen molar-refractivity contribution in [3.05, 3.63) is 12.2 Å². The maximum atomic E-state index is 11.9. The third-order valence-electron chi connectivity index (χ3n) is 3.54. The number of hydrogen-bond donors (Lipinski definition) is 0. The number of amides is 2. The lowest BCUT2D eigenvalue weighted by Crippen LogP contribution is -2.49. The van der Waals surface area contributed by atoms with Gasteiger partial charge in [0.1, 0.15) is 6.10 Å². The molecule has 5 nitrogen and oxygen atoms in total. The summed E-state index contributed by atoms with van der Waals surface area (Å²) in [6.07, 6.45) is 4.00. The molecule has 2 aliphatic rings. The number of carbonyl (C=O) groups is 2. The van der Waals surface area contributed by atoms with E-state index in [-0.39, 0.29) is 42.3 Å². The van der Waals surface area contributed by atoms with Crippen molar-refractivity contribution in [2.24, 2.45) is 0 Å². The Kier molecular flexibility index (Phi) is 4.60. The van der Waals surface area contributed by atoms with E-state index in [4.69, 9.17) is 9.47 Å². The van der Waals surface area contributed by atoms with Gasteiger partial charge in [-0.1, -0.05) is 0 Å². The molecule has 0 spiro atoms. The number of carbonyl (C=O) groups excluding carboxylic acids is 2. The lowest BCUT2D eigenvalue weighted by Gasteiger charge is -2.32. The normalized spacial score (nSPS) is 30.3. The van der Waals surface area contributed by atoms with Crippen LogP contribution in [0.25, 0.3) is 0 Å². The molecule has 0 N–H and O–H groups in total. The van der Waals surface area contributed by atoms with E-state index >= 15 is 0 Å². The highest BCUT2D eigenvalue weighted by Gasteiger charge is 2.45. The molecule has 112 valence electrons. The molecular formula is C15H23NO4. The monoisotopic (exact) mass is 281 g/mol. The molecule has 5 heteroatoms. The summed E-state index contributed by atoms with van der Waals surface area (Å²) in [5, 5.41) is 0. The molecule has 0 radical (unpaired) electrons. The maximum Gasteiger partial charge on any atom is 0.253 e. The van der Waals surface area contributed by atoms with Crippen molar-refractivity contribution in [2.75, 3.05) is 0 Å². The molecule has 0 aromatic heterocycles. The third kappa shape index (κ3) is 3.10. The first-order valence-corrected chi connectivity index (χ1v) is 7.26. The molecule has 1 unspecified atom stereocenters. The van der Waals surface area contributed by atoms with Gasteiger partial charge >= 0.3 is 0 Å². The quantitative estimate of drug-likeness (QED) is 0.719. The van der Waals surface area contributed by atoms with Gasteiger partial charge in [0.25, 0.3) is 11.8 Å². The second-order valence-electron chi connectivity index (χ2n) is 5.90. The van der Waals surface area contributed by atoms with E-state index in [1.165, 1.54) is 17.1 Å². The summed E-state index contributed by atoms with van der Waals surface area (Å²) in [5.74, 6) is -0.495. The van der Waals surface area contributed by atoms with Crippen molar-refractivity contribution >= 4 is 11.8 Å². The predicted octanol–water partition coefficient (Wildman–Crippen LogP) is 1.66. The Morgan fingerprint density at radius 2 is 1.55 bits per heavy atom. The van der Waals surface area contributed by atoms with Crippen molar-refractivity contribution < 1.29 is 19.1 Å². The fourth-order valence-electron chi connectivity index (χ4n) is 2.91. The van der Waals surface area contributed by atoms with Gasteiger partial charge in [-0.2, -0.15) is 0 Å². The Bertz CT molecular complexity index is 398. The van der Waals surface area contributed by atoms with Gasteiger partial charge in [0.05, 0.1) is 24.4 Å². The highest BCUT2D eigenvalue weighted by atomic mass is 16.6. The van der Waals surface area contributed by atoms with Crippen LogP contribution in [0.4, 0.5) is 0 Å². The summed E-state index contributed by atoms with van der Waals surface area (Å²) < 4.78 is 11.8. The lowest BCUT2D eigenvalue weighted by atomic mass is 10.1. The Labute approximate surface area is 119 Å². The van der Waals surface area contributed by atoms with Crippen LogP contribution in [0, 0.1) is 0 Å². The van der Waals surface area contributed by atoms with Gasteiger partial charge in [-0.05, 0) is 40.5 Å². The molecule has 2 amide bonds. The first-order chi connectivity index (χ1) is 9.40. The summed E-state index contributed by atoms with van der Waals surface area (Å²) in [4.78, 5) is 25.0. The zero-order valence-corrected chi connectivity index (χ0v) is 12.5. The van der Waals surface area contributed by atoms with E-state index in [2.05, 4.69) is 0 Å². The minimum atomic E-state index is -0.248. The zero-order chi connectivity index (χ0) is 14.9. The minimum absolute atomic E-state index is 0.0274. The van der Waals surface area contributed by atoms with Crippen LogP contribution < -0.4 is 0 Å². The van der Waals surface area contributed by atoms with Gasteiger partial charge in [-0.15, -0.1) is 0 Å². The van der Waals surface area contributed by atoms with Crippen molar-refractivity contribution in [3.8, 4) is 0 Å². The Hall–Kier alpha value is -1.20. The van der Waals surface area contributed by atoms with E-state index in [1.54, 1.807) is 0 Å². The van der Waals surface area contributed by atoms with E-state index in [1.807, 2.05) is 27.7 Å². The summed E-state index contributed by atoms with van der Waals surface area (Å²) in [5.41, 5.74) is 0. The Morgan fingerprint density at radius 3 is 2.05 bits per heavy atom. The van der Waals surface area contributed by atoms with Crippen molar-refractivity contribution in [2.45, 2.75) is 71.0 Å². The first kappa shape index (κ1) is 15.2. The SMILES string of the molecule is CC(C)OC1CC[C@H](N2C(=O)C=CC2=O)[C@@H]1OC(C)C. The van der Waals surface area contributed by atoms with Gasteiger partial charge in [-0.3, -0.25) is 14.5 Å². The van der Waals surface area contributed by atoms with Crippen LogP contribution in [0.1, 0.15) is 40.5 Å². The van der Waals surface area contributed by atoms with Gasteiger partial charge < -0.3 is 9.47 Å². The smallest absolute Gasteiger partial charge is 0.253 e. The largest absolute Gasteiger partial charge is 0.373 e. The Balaban J connectivity index is 2.15. The third-order valence-corrected chi connectivity index (χ3v) is 3.54. The van der Waals surface area contributed by atoms with Crippen LogP contribution in [0.5, 0.6) is 0 Å². The van der Waals surface area contributed by atoms with Crippen LogP contribution in [0.3, 0.4) is 0 Å². The molecule has 1 saturated carbocycles. The topological polar surface area (TPSA) is 55.8 Å². The van der Waals surface area contributed by atoms with Gasteiger partial charge in [-0.25, -0.2) is 0 Å². The van der Waals surface area contributed by atoms with Gasteiger partial charge in [0.2, 0.25) is 0 Å². The molecule has 3 atom stereocenters. The van der Waals surface area contributed by atoms with Crippen molar-refractivity contribution in [3.63, 3.8) is 0 Å². The van der Waals surface area contributed by atoms with Crippen LogP contribution in [-0.2, 0) is 19.1 Å². The molecule has 0 aromatic carbocycles. The standard InChI is InChI=1S/C15H23NO4/c1-9(2)19-12-6-5-11(15(12)20-10(3)4)16-13(17)7-8-14(16)18/h7-12,15H,5-6H2,1-4H3/t11-,12?,15-/m0/s1. The number of imide groups is 1. The predicted molar refractivity (Wildman–Crippen MR) is 74.0 cm³/mol. The lowest BCUT2D eigenvalue weighted by molar-refractivity contribution is -0.149. The van der Waals surface area contributed by atoms with E-state index in [9.17, 15) is 9.59 Å². The fourth-order valence-corrected chi connectivity index (χ4v) is 2.91. The summed E-state index contributed by atoms with van der Waals surface area (Å²) in [6, 6.07) is -0.226. The second kappa shape index (κ2) is 6.06. The van der Waals surface area contributed by atoms with E-state index < -0.39 is 0 Å². The number of hydrogen-bond acceptors (Lipinski definition) is 4. The van der Waals surface area contributed by atoms with Crippen LogP contribution in [-0.4, -0.2) is 47.2 Å². The van der Waals surface area contributed by atoms with Gasteiger partial charge in [0.15, 0.2) is 0 Å². The number of ether oxygens (including phenoxy) is 2. The molecule has 0 bridgehead atoms. The van der Waals surface area contributed by atoms with Crippen LogP contribution in [0.15, 0.2) is 12.2 Å². The fraction of sp³-hybridized carbons (Fsp3) is 0.733. The van der Waals surface area contributed by atoms with E-state index in [0.717, 1.165) is 12.8 Å². The Morgan fingerprint density at radius 1 is 1.00 bits per heavy atom. The summed E-state index contributed by atoms with van der Waals surface area (Å²) >= 11 is 0. The zero-order valence-electron chi connectivity index (χ0n) is 12.5. The molecule has 1 aliphatic heterocycles. The average molecular weight is 281 g/mol. The molecule has 1 heterocycles. The molecule has 0 saturated heterocycles. The number of nitrogens with zero attached hydrogens (tertiary/aromatic N) is 1. The van der Waals surface area contributed by atoms with Crippen LogP contribution >= 0.6 is 0 Å². The van der Waals surface area contributed by atoms with Gasteiger partial charge in [0, 0.05) is 12.2 Å². The maximum absolute atomic E-state index is 11.9. The summed E-state index contributed by atoms with van der Waals surface area (Å²) in [7, 11) is 0. The molecule has 2 rings (SSSR count). The molecule has 1 aliphatic carbocycles. The van der Waals surface area contributed by atoms with Crippen molar-refractivity contribution in [1.29, 1.82) is 0 Å². The van der Waals surface area contributed by atoms with Crippen molar-refractivity contribution in [1.82, 2.24) is 4.90 Å². The molecule has 1 fully saturated rings. The van der Waals surface area contributed by atoms with Crippen LogP contribution in [0.2, 0.25) is 0 Å². The highest BCUT2D eigenvalue weighted by Crippen LogP contribution is 2.32. The minimum Gasteiger partial charge on any atom is -0.373 e. The highest BCUT2D eigenvalue weighted by molar-refractivity contribution is 6.13. The molecule has 20 heavy (non-hydrogen) atoms. The average Bonchev–Trinajstić information content (AvgIpc) is 2.84. The summed E-state index contributed by atoms with van der Waals surface area (Å²) in [6.45, 7) is 7.86. The molecular weight excluding hydrogens is 258 g/mol. The molecule has 0 aromatic rings. The first-order valence-electron chi connectivity index (χ1n) is 7.26. The number of rotatable bonds is 5. The second-order valence-corrected chi connectivity index (χ2v) is 5.90. The van der Waals surface area contributed by atoms with E-state index in [0.29, 0.717) is 0 Å².